The molecule has 1 atom stereocenters. The van der Waals surface area contributed by atoms with E-state index in [4.69, 9.17) is 5.11 Å². The van der Waals surface area contributed by atoms with E-state index < -0.39 is 5.97 Å². The summed E-state index contributed by atoms with van der Waals surface area (Å²) in [6.45, 7) is 2.83. The fraction of sp³-hybridized carbons (Fsp3) is 0.364. The van der Waals surface area contributed by atoms with E-state index in [2.05, 4.69) is 10.6 Å². The second-order valence-electron chi connectivity index (χ2n) is 3.64. The Kier molecular flexibility index (Phi) is 2.99. The Labute approximate surface area is 88.3 Å². The molecule has 0 spiro atoms. The third-order valence-electron chi connectivity index (χ3n) is 2.60. The van der Waals surface area contributed by atoms with Gasteiger partial charge in [-0.3, -0.25) is 0 Å². The van der Waals surface area contributed by atoms with Crippen LogP contribution in [0.4, 0.5) is 0 Å². The second kappa shape index (κ2) is 4.42. The highest BCUT2D eigenvalue weighted by Gasteiger charge is 2.14. The van der Waals surface area contributed by atoms with Crippen LogP contribution >= 0.6 is 0 Å². The predicted octanol–water partition coefficient (Wildman–Crippen LogP) is 0.619. The van der Waals surface area contributed by atoms with Crippen molar-refractivity contribution >= 4 is 5.97 Å². The molecule has 1 aromatic carbocycles. The molecule has 15 heavy (non-hydrogen) atoms. The molecule has 1 aliphatic heterocycles. The summed E-state index contributed by atoms with van der Waals surface area (Å²) >= 11 is 0. The van der Waals surface area contributed by atoms with E-state index in [-0.39, 0.29) is 0 Å². The van der Waals surface area contributed by atoms with Gasteiger partial charge in [-0.2, -0.15) is 0 Å². The number of carboxylic acids is 1. The first kappa shape index (κ1) is 10.1. The summed E-state index contributed by atoms with van der Waals surface area (Å²) in [5.41, 5.74) is 1.47. The first-order valence-electron chi connectivity index (χ1n) is 5.05. The van der Waals surface area contributed by atoms with Crippen LogP contribution in [0.1, 0.15) is 22.0 Å². The molecular weight excluding hydrogens is 192 g/mol. The lowest BCUT2D eigenvalue weighted by atomic mass is 10.0. The minimum atomic E-state index is -0.878. The molecule has 1 saturated heterocycles. The van der Waals surface area contributed by atoms with Gasteiger partial charge >= 0.3 is 5.97 Å². The van der Waals surface area contributed by atoms with E-state index in [1.54, 1.807) is 12.1 Å². The van der Waals surface area contributed by atoms with Crippen molar-refractivity contribution in [3.63, 3.8) is 0 Å². The zero-order chi connectivity index (χ0) is 10.7. The molecule has 1 heterocycles. The van der Waals surface area contributed by atoms with Crippen molar-refractivity contribution in [2.45, 2.75) is 6.04 Å². The monoisotopic (exact) mass is 206 g/mol. The van der Waals surface area contributed by atoms with E-state index in [1.807, 2.05) is 12.1 Å². The number of benzene rings is 1. The number of hydrogen-bond donors (Lipinski definition) is 3. The maximum absolute atomic E-state index is 10.7. The molecule has 0 radical (unpaired) electrons. The fourth-order valence-corrected chi connectivity index (χ4v) is 1.75. The molecule has 3 N–H and O–H groups in total. The van der Waals surface area contributed by atoms with Crippen LogP contribution in [-0.2, 0) is 0 Å². The normalized spacial score (nSPS) is 21.2. The van der Waals surface area contributed by atoms with Crippen molar-refractivity contribution in [3.05, 3.63) is 35.4 Å². The Hall–Kier alpha value is -1.39. The number of aromatic carboxylic acids is 1. The van der Waals surface area contributed by atoms with Gasteiger partial charge in [0, 0.05) is 25.7 Å². The van der Waals surface area contributed by atoms with Crippen LogP contribution in [0.3, 0.4) is 0 Å². The van der Waals surface area contributed by atoms with Gasteiger partial charge in [0.1, 0.15) is 0 Å². The molecule has 1 fully saturated rings. The maximum atomic E-state index is 10.7. The molecule has 4 nitrogen and oxygen atoms in total. The largest absolute Gasteiger partial charge is 0.478 e. The lowest BCUT2D eigenvalue weighted by molar-refractivity contribution is 0.0697. The average molecular weight is 206 g/mol. The summed E-state index contributed by atoms with van der Waals surface area (Å²) in [5, 5.41) is 15.4. The van der Waals surface area contributed by atoms with Gasteiger partial charge in [0.2, 0.25) is 0 Å². The summed E-state index contributed by atoms with van der Waals surface area (Å²) in [5.74, 6) is -0.878. The highest BCUT2D eigenvalue weighted by atomic mass is 16.4. The van der Waals surface area contributed by atoms with Crippen LogP contribution in [0, 0.1) is 0 Å². The third kappa shape index (κ3) is 2.34. The lowest BCUT2D eigenvalue weighted by Gasteiger charge is -2.24. The maximum Gasteiger partial charge on any atom is 0.335 e. The Morgan fingerprint density at radius 1 is 1.27 bits per heavy atom. The van der Waals surface area contributed by atoms with E-state index in [0.29, 0.717) is 11.6 Å². The molecule has 4 heteroatoms. The van der Waals surface area contributed by atoms with Gasteiger partial charge in [-0.25, -0.2) is 4.79 Å². The first-order valence-corrected chi connectivity index (χ1v) is 5.05. The third-order valence-corrected chi connectivity index (χ3v) is 2.60. The van der Waals surface area contributed by atoms with E-state index in [0.717, 1.165) is 25.2 Å². The fourth-order valence-electron chi connectivity index (χ4n) is 1.75. The Balaban J connectivity index is 2.11. The van der Waals surface area contributed by atoms with E-state index in [1.165, 1.54) is 0 Å². The van der Waals surface area contributed by atoms with E-state index in [9.17, 15) is 4.79 Å². The first-order chi connectivity index (χ1) is 7.27. The van der Waals surface area contributed by atoms with Crippen LogP contribution in [0.2, 0.25) is 0 Å². The van der Waals surface area contributed by atoms with Gasteiger partial charge in [0.25, 0.3) is 0 Å². The second-order valence-corrected chi connectivity index (χ2v) is 3.64. The zero-order valence-electron chi connectivity index (χ0n) is 8.36. The van der Waals surface area contributed by atoms with E-state index >= 15 is 0 Å². The Morgan fingerprint density at radius 2 is 2.00 bits per heavy atom. The van der Waals surface area contributed by atoms with Gasteiger partial charge in [0.05, 0.1) is 5.56 Å². The van der Waals surface area contributed by atoms with Crippen LogP contribution in [-0.4, -0.2) is 30.7 Å². The molecule has 0 bridgehead atoms. The summed E-state index contributed by atoms with van der Waals surface area (Å²) in [7, 11) is 0. The number of carboxylic acid groups (broad SMARTS) is 1. The number of rotatable bonds is 2. The van der Waals surface area contributed by atoms with Gasteiger partial charge in [0.15, 0.2) is 0 Å². The summed E-state index contributed by atoms with van der Waals surface area (Å²) in [6, 6.07) is 7.33. The topological polar surface area (TPSA) is 61.4 Å². The van der Waals surface area contributed by atoms with Gasteiger partial charge in [-0.05, 0) is 17.7 Å². The predicted molar refractivity (Wildman–Crippen MR) is 57.0 cm³/mol. The van der Waals surface area contributed by atoms with Crippen molar-refractivity contribution in [2.75, 3.05) is 19.6 Å². The van der Waals surface area contributed by atoms with Crippen molar-refractivity contribution in [3.8, 4) is 0 Å². The van der Waals surface area contributed by atoms with Crippen molar-refractivity contribution in [1.29, 1.82) is 0 Å². The summed E-state index contributed by atoms with van der Waals surface area (Å²) < 4.78 is 0. The molecule has 1 aliphatic rings. The molecule has 0 unspecified atom stereocenters. The van der Waals surface area contributed by atoms with Gasteiger partial charge in [-0.15, -0.1) is 0 Å². The Morgan fingerprint density at radius 3 is 2.53 bits per heavy atom. The highest BCUT2D eigenvalue weighted by molar-refractivity contribution is 5.87. The average Bonchev–Trinajstić information content (AvgIpc) is 2.30. The smallest absolute Gasteiger partial charge is 0.335 e. The van der Waals surface area contributed by atoms with Crippen molar-refractivity contribution in [2.24, 2.45) is 0 Å². The van der Waals surface area contributed by atoms with Crippen molar-refractivity contribution < 1.29 is 9.90 Å². The van der Waals surface area contributed by atoms with Gasteiger partial charge in [-0.1, -0.05) is 12.1 Å². The molecule has 0 saturated carbocycles. The molecule has 0 aromatic heterocycles. The molecule has 80 valence electrons. The van der Waals surface area contributed by atoms with Crippen molar-refractivity contribution in [1.82, 2.24) is 10.6 Å². The summed E-state index contributed by atoms with van der Waals surface area (Å²) in [6.07, 6.45) is 0. The number of hydrogen-bond acceptors (Lipinski definition) is 3. The van der Waals surface area contributed by atoms with Crippen LogP contribution in [0.5, 0.6) is 0 Å². The molecule has 2 rings (SSSR count). The van der Waals surface area contributed by atoms with Crippen LogP contribution in [0.25, 0.3) is 0 Å². The van der Waals surface area contributed by atoms with Gasteiger partial charge < -0.3 is 15.7 Å². The quantitative estimate of drug-likeness (QED) is 0.664. The van der Waals surface area contributed by atoms with Crippen LogP contribution < -0.4 is 10.6 Å². The molecular formula is C11H14N2O2. The molecule has 0 aliphatic carbocycles. The minimum Gasteiger partial charge on any atom is -0.478 e. The number of nitrogens with one attached hydrogen (secondary N) is 2. The highest BCUT2D eigenvalue weighted by Crippen LogP contribution is 2.14. The number of carbonyl (C=O) groups is 1. The van der Waals surface area contributed by atoms with Crippen LogP contribution in [0.15, 0.2) is 24.3 Å². The zero-order valence-corrected chi connectivity index (χ0v) is 8.36. The minimum absolute atomic E-state index is 0.293. The number of piperazine rings is 1. The molecule has 1 aromatic rings. The standard InChI is InChI=1S/C11H14N2O2/c14-11(15)9-3-1-8(2-4-9)10-7-12-5-6-13-10/h1-4,10,12-13H,5-7H2,(H,14,15)/t10-/m1/s1. The Bertz CT molecular complexity index is 342. The molecule has 0 amide bonds. The lowest BCUT2D eigenvalue weighted by Crippen LogP contribution is -2.42. The summed E-state index contributed by atoms with van der Waals surface area (Å²) in [4.78, 5) is 10.7. The SMILES string of the molecule is O=C(O)c1ccc([C@H]2CNCCN2)cc1.